The number of ether oxygens (including phenoxy) is 1. The molecule has 0 radical (unpaired) electrons. The van der Waals surface area contributed by atoms with Gasteiger partial charge in [-0.05, 0) is 35.6 Å². The Balaban J connectivity index is 1.44. The van der Waals surface area contributed by atoms with E-state index in [1.165, 1.54) is 4.90 Å². The molecule has 0 bridgehead atoms. The molecule has 1 aromatic heterocycles. The minimum Gasteiger partial charge on any atom is -0.383 e. The molecule has 1 atom stereocenters. The van der Waals surface area contributed by atoms with Crippen LogP contribution in [0, 0.1) is 0 Å². The van der Waals surface area contributed by atoms with Crippen molar-refractivity contribution < 1.29 is 14.3 Å². The van der Waals surface area contributed by atoms with Gasteiger partial charge in [0, 0.05) is 26.0 Å². The van der Waals surface area contributed by atoms with Gasteiger partial charge in [0.15, 0.2) is 11.5 Å². The lowest BCUT2D eigenvalue weighted by Crippen LogP contribution is -2.43. The summed E-state index contributed by atoms with van der Waals surface area (Å²) in [5.74, 6) is -0.195. The molecule has 184 valence electrons. The summed E-state index contributed by atoms with van der Waals surface area (Å²) in [4.78, 5) is 39.6. The zero-order valence-corrected chi connectivity index (χ0v) is 20.2. The molecule has 3 heterocycles. The number of guanidine groups is 1. The van der Waals surface area contributed by atoms with Crippen LogP contribution in [0.3, 0.4) is 0 Å². The number of pyridine rings is 1. The molecule has 36 heavy (non-hydrogen) atoms. The first-order chi connectivity index (χ1) is 17.5. The molecule has 0 aliphatic carbocycles. The molecule has 8 nitrogen and oxygen atoms in total. The first kappa shape index (κ1) is 23.7. The average molecular weight is 484 g/mol. The Morgan fingerprint density at radius 1 is 1.08 bits per heavy atom. The number of carbonyl (C=O) groups excluding carboxylic acids is 2. The highest BCUT2D eigenvalue weighted by Gasteiger charge is 2.50. The number of carbonyl (C=O) groups is 2. The van der Waals surface area contributed by atoms with Crippen LogP contribution in [0.25, 0.3) is 0 Å². The van der Waals surface area contributed by atoms with Crippen LogP contribution in [0.5, 0.6) is 0 Å². The molecule has 2 aliphatic heterocycles. The molecular weight excluding hydrogens is 454 g/mol. The van der Waals surface area contributed by atoms with Crippen LogP contribution in [0.2, 0.25) is 0 Å². The van der Waals surface area contributed by atoms with Crippen molar-refractivity contribution in [3.8, 4) is 0 Å². The van der Waals surface area contributed by atoms with Crippen molar-refractivity contribution in [1.29, 1.82) is 0 Å². The second-order valence-electron chi connectivity index (χ2n) is 9.14. The normalized spacial score (nSPS) is 19.0. The van der Waals surface area contributed by atoms with Crippen LogP contribution >= 0.6 is 0 Å². The smallest absolute Gasteiger partial charge is 0.266 e. The summed E-state index contributed by atoms with van der Waals surface area (Å²) in [6.07, 6.45) is 5.08. The van der Waals surface area contributed by atoms with E-state index >= 15 is 0 Å². The number of amides is 2. The monoisotopic (exact) mass is 483 g/mol. The van der Waals surface area contributed by atoms with Gasteiger partial charge in [-0.25, -0.2) is 4.99 Å². The van der Waals surface area contributed by atoms with E-state index in [0.29, 0.717) is 24.3 Å². The van der Waals surface area contributed by atoms with Gasteiger partial charge in [-0.15, -0.1) is 0 Å². The molecule has 0 unspecified atom stereocenters. The van der Waals surface area contributed by atoms with E-state index in [1.807, 2.05) is 65.6 Å². The van der Waals surface area contributed by atoms with Crippen molar-refractivity contribution in [1.82, 2.24) is 14.8 Å². The molecule has 2 aliphatic rings. The van der Waals surface area contributed by atoms with E-state index in [4.69, 9.17) is 15.5 Å². The number of hydrogen-bond acceptors (Lipinski definition) is 6. The van der Waals surface area contributed by atoms with E-state index in [2.05, 4.69) is 4.98 Å². The minimum atomic E-state index is -1.27. The predicted molar refractivity (Wildman–Crippen MR) is 136 cm³/mol. The van der Waals surface area contributed by atoms with Crippen molar-refractivity contribution >= 4 is 17.8 Å². The summed E-state index contributed by atoms with van der Waals surface area (Å²) in [6, 6.07) is 20.7. The van der Waals surface area contributed by atoms with Gasteiger partial charge in [0.25, 0.3) is 11.8 Å². The van der Waals surface area contributed by atoms with Crippen molar-refractivity contribution in [2.75, 3.05) is 20.3 Å². The van der Waals surface area contributed by atoms with Gasteiger partial charge in [0.1, 0.15) is 0 Å². The van der Waals surface area contributed by atoms with Crippen LogP contribution in [-0.4, -0.2) is 58.9 Å². The highest BCUT2D eigenvalue weighted by atomic mass is 16.5. The summed E-state index contributed by atoms with van der Waals surface area (Å²) >= 11 is 0. The predicted octanol–water partition coefficient (Wildman–Crippen LogP) is 2.93. The Morgan fingerprint density at radius 3 is 2.39 bits per heavy atom. The van der Waals surface area contributed by atoms with Gasteiger partial charge in [-0.2, -0.15) is 0 Å². The number of benzene rings is 2. The van der Waals surface area contributed by atoms with Gasteiger partial charge in [0.2, 0.25) is 0 Å². The third kappa shape index (κ3) is 4.13. The summed E-state index contributed by atoms with van der Waals surface area (Å²) < 4.78 is 5.29. The lowest BCUT2D eigenvalue weighted by Gasteiger charge is -2.27. The van der Waals surface area contributed by atoms with Crippen LogP contribution in [-0.2, 0) is 21.6 Å². The van der Waals surface area contributed by atoms with Crippen molar-refractivity contribution in [2.24, 2.45) is 10.7 Å². The summed E-state index contributed by atoms with van der Waals surface area (Å²) in [6.45, 7) is 1.36. The first-order valence-corrected chi connectivity index (χ1v) is 12.1. The van der Waals surface area contributed by atoms with Gasteiger partial charge >= 0.3 is 0 Å². The first-order valence-electron chi connectivity index (χ1n) is 12.1. The van der Waals surface area contributed by atoms with Gasteiger partial charge in [-0.3, -0.25) is 19.5 Å². The van der Waals surface area contributed by atoms with E-state index in [0.717, 1.165) is 24.0 Å². The van der Waals surface area contributed by atoms with E-state index in [-0.39, 0.29) is 30.4 Å². The van der Waals surface area contributed by atoms with Crippen LogP contribution < -0.4 is 5.73 Å². The van der Waals surface area contributed by atoms with Crippen LogP contribution in [0.15, 0.2) is 84.1 Å². The highest BCUT2D eigenvalue weighted by Crippen LogP contribution is 2.40. The molecule has 5 rings (SSSR count). The van der Waals surface area contributed by atoms with Gasteiger partial charge in [0.05, 0.1) is 24.8 Å². The zero-order valence-electron chi connectivity index (χ0n) is 20.2. The number of methoxy groups -OCH3 is 1. The fourth-order valence-electron chi connectivity index (χ4n) is 5.14. The number of nitrogens with zero attached hydrogens (tertiary/aromatic N) is 4. The third-order valence-electron chi connectivity index (χ3n) is 6.88. The summed E-state index contributed by atoms with van der Waals surface area (Å²) in [5, 5.41) is 0. The molecule has 0 saturated carbocycles. The number of nitrogens with two attached hydrogens (primary N) is 1. The zero-order chi connectivity index (χ0) is 25.1. The van der Waals surface area contributed by atoms with Crippen molar-refractivity contribution in [3.05, 3.63) is 101 Å². The Bertz CT molecular complexity index is 1240. The van der Waals surface area contributed by atoms with Crippen molar-refractivity contribution in [2.45, 2.75) is 31.0 Å². The Hall–Kier alpha value is -4.04. The molecule has 2 N–H and O–H groups in total. The minimum absolute atomic E-state index is 0.0615. The maximum absolute atomic E-state index is 14.0. The largest absolute Gasteiger partial charge is 0.383 e. The third-order valence-corrected chi connectivity index (χ3v) is 6.88. The molecule has 8 heteroatoms. The average Bonchev–Trinajstić information content (AvgIpc) is 3.48. The Labute approximate surface area is 210 Å². The van der Waals surface area contributed by atoms with Crippen LogP contribution in [0.1, 0.15) is 39.9 Å². The molecule has 2 aromatic carbocycles. The standard InChI is InChI=1S/C28H29N5O3/c1-36-19-24-13-8-14-32(24)25(34)21-15-20(16-30-17-21)18-33-26(35)28(31-27(33)29,22-9-4-2-5-10-22)23-11-6-3-7-12-23/h2-7,9-12,15-17,24H,8,13-14,18-19H2,1H3,(H2,29,31)/t24-/m1/s1. The second-order valence-corrected chi connectivity index (χ2v) is 9.14. The van der Waals surface area contributed by atoms with E-state index in [1.54, 1.807) is 25.6 Å². The van der Waals surface area contributed by atoms with Crippen molar-refractivity contribution in [3.63, 3.8) is 0 Å². The maximum atomic E-state index is 14.0. The number of rotatable bonds is 7. The summed E-state index contributed by atoms with van der Waals surface area (Å²) in [5.41, 5.74) is 7.76. The number of likely N-dealkylation sites (tertiary alicyclic amines) is 1. The molecule has 1 saturated heterocycles. The van der Waals surface area contributed by atoms with E-state index in [9.17, 15) is 9.59 Å². The quantitative estimate of drug-likeness (QED) is 0.557. The molecule has 0 spiro atoms. The fourth-order valence-corrected chi connectivity index (χ4v) is 5.14. The highest BCUT2D eigenvalue weighted by molar-refractivity contribution is 6.09. The molecule has 1 fully saturated rings. The molecular formula is C28H29N5O3. The Kier molecular flexibility index (Phi) is 6.52. The van der Waals surface area contributed by atoms with Gasteiger partial charge < -0.3 is 15.4 Å². The second kappa shape index (κ2) is 9.91. The molecule has 2 amide bonds. The number of aliphatic imine (C=N–C) groups is 1. The Morgan fingerprint density at radius 2 is 1.75 bits per heavy atom. The molecule has 3 aromatic rings. The summed E-state index contributed by atoms with van der Waals surface area (Å²) in [7, 11) is 1.65. The van der Waals surface area contributed by atoms with Gasteiger partial charge in [-0.1, -0.05) is 60.7 Å². The van der Waals surface area contributed by atoms with E-state index < -0.39 is 5.54 Å². The number of aromatic nitrogens is 1. The lowest BCUT2D eigenvalue weighted by molar-refractivity contribution is -0.130. The number of hydrogen-bond donors (Lipinski definition) is 1. The van der Waals surface area contributed by atoms with Crippen LogP contribution in [0.4, 0.5) is 0 Å². The maximum Gasteiger partial charge on any atom is 0.266 e. The fraction of sp³-hybridized carbons (Fsp3) is 0.286. The topological polar surface area (TPSA) is 101 Å². The lowest BCUT2D eigenvalue weighted by atomic mass is 9.83. The SMILES string of the molecule is COC[C@H]1CCCN1C(=O)c1cncc(CN2C(=O)C(c3ccccc3)(c3ccccc3)N=C2N)c1.